The highest BCUT2D eigenvalue weighted by atomic mass is 19.1. The fourth-order valence-electron chi connectivity index (χ4n) is 2.94. The Morgan fingerprint density at radius 1 is 1.20 bits per heavy atom. The van der Waals surface area contributed by atoms with E-state index in [1.807, 2.05) is 25.1 Å². The summed E-state index contributed by atoms with van der Waals surface area (Å²) in [5, 5.41) is 3.93. The second-order valence-electron chi connectivity index (χ2n) is 6.04. The van der Waals surface area contributed by atoms with E-state index in [1.54, 1.807) is 19.2 Å². The summed E-state index contributed by atoms with van der Waals surface area (Å²) in [7, 11) is 1.63. The van der Waals surface area contributed by atoms with Gasteiger partial charge in [-0.3, -0.25) is 4.79 Å². The lowest BCUT2D eigenvalue weighted by Crippen LogP contribution is -2.27. The van der Waals surface area contributed by atoms with Crippen molar-refractivity contribution in [2.45, 2.75) is 19.8 Å². The summed E-state index contributed by atoms with van der Waals surface area (Å²) in [6, 6.07) is 12.1. The highest BCUT2D eigenvalue weighted by Crippen LogP contribution is 2.26. The van der Waals surface area contributed by atoms with Crippen LogP contribution < -0.4 is 10.1 Å². The molecule has 0 saturated heterocycles. The molecule has 2 N–H and O–H groups in total. The molecule has 1 heterocycles. The number of aryl methyl sites for hydroxylation is 1. The van der Waals surface area contributed by atoms with Crippen molar-refractivity contribution >= 4 is 16.8 Å². The summed E-state index contributed by atoms with van der Waals surface area (Å²) in [5.41, 5.74) is 3.95. The number of hydrogen-bond donors (Lipinski definition) is 2. The van der Waals surface area contributed by atoms with Crippen molar-refractivity contribution in [3.63, 3.8) is 0 Å². The van der Waals surface area contributed by atoms with Crippen molar-refractivity contribution in [1.29, 1.82) is 0 Å². The van der Waals surface area contributed by atoms with Crippen LogP contribution in [0.15, 0.2) is 42.5 Å². The number of carbonyl (C=O) groups excluding carboxylic acids is 1. The van der Waals surface area contributed by atoms with Gasteiger partial charge in [0.25, 0.3) is 0 Å². The number of aromatic nitrogens is 1. The number of fused-ring (bicyclic) bond motifs is 1. The Hall–Kier alpha value is -2.82. The first kappa shape index (κ1) is 17.0. The second kappa shape index (κ2) is 7.38. The third-order valence-corrected chi connectivity index (χ3v) is 4.31. The summed E-state index contributed by atoms with van der Waals surface area (Å²) in [6.45, 7) is 2.49. The standard InChI is InChI=1S/C20H21FN2O2/c1-13-17(18-11-16(25-2)7-8-19(18)23-13)12-20(24)22-10-9-14-3-5-15(21)6-4-14/h3-8,11,23H,9-10,12H2,1-2H3,(H,22,24). The molecular formula is C20H21FN2O2. The Bertz CT molecular complexity index is 885. The molecule has 0 atom stereocenters. The number of methoxy groups -OCH3 is 1. The van der Waals surface area contributed by atoms with Gasteiger partial charge in [0.15, 0.2) is 0 Å². The third kappa shape index (κ3) is 3.99. The van der Waals surface area contributed by atoms with Crippen molar-refractivity contribution in [3.05, 3.63) is 65.1 Å². The molecule has 0 aliphatic carbocycles. The van der Waals surface area contributed by atoms with Crippen molar-refractivity contribution < 1.29 is 13.9 Å². The summed E-state index contributed by atoms with van der Waals surface area (Å²) in [4.78, 5) is 15.6. The van der Waals surface area contributed by atoms with Crippen LogP contribution in [0, 0.1) is 12.7 Å². The number of hydrogen-bond acceptors (Lipinski definition) is 2. The lowest BCUT2D eigenvalue weighted by atomic mass is 10.1. The average molecular weight is 340 g/mol. The molecule has 4 nitrogen and oxygen atoms in total. The maximum absolute atomic E-state index is 12.9. The molecule has 5 heteroatoms. The Labute approximate surface area is 146 Å². The van der Waals surface area contributed by atoms with Gasteiger partial charge in [0.05, 0.1) is 13.5 Å². The maximum Gasteiger partial charge on any atom is 0.224 e. The van der Waals surface area contributed by atoms with Gasteiger partial charge in [-0.15, -0.1) is 0 Å². The van der Waals surface area contributed by atoms with Gasteiger partial charge in [-0.2, -0.15) is 0 Å². The molecule has 3 rings (SSSR count). The summed E-state index contributed by atoms with van der Waals surface area (Å²) >= 11 is 0. The zero-order chi connectivity index (χ0) is 17.8. The number of H-pyrrole nitrogens is 1. The molecule has 25 heavy (non-hydrogen) atoms. The monoisotopic (exact) mass is 340 g/mol. The number of rotatable bonds is 6. The van der Waals surface area contributed by atoms with Gasteiger partial charge < -0.3 is 15.0 Å². The lowest BCUT2D eigenvalue weighted by molar-refractivity contribution is -0.120. The summed E-state index contributed by atoms with van der Waals surface area (Å²) in [6.07, 6.45) is 0.981. The van der Waals surface area contributed by atoms with Crippen LogP contribution in [0.25, 0.3) is 10.9 Å². The van der Waals surface area contributed by atoms with E-state index in [0.717, 1.165) is 33.5 Å². The van der Waals surface area contributed by atoms with Crippen LogP contribution in [0.1, 0.15) is 16.8 Å². The van der Waals surface area contributed by atoms with E-state index in [9.17, 15) is 9.18 Å². The largest absolute Gasteiger partial charge is 0.497 e. The number of aromatic amines is 1. The van der Waals surface area contributed by atoms with Crippen molar-refractivity contribution in [2.75, 3.05) is 13.7 Å². The molecule has 0 aliphatic heterocycles. The summed E-state index contributed by atoms with van der Waals surface area (Å²) < 4.78 is 18.2. The lowest BCUT2D eigenvalue weighted by Gasteiger charge is -2.06. The van der Waals surface area contributed by atoms with Crippen molar-refractivity contribution in [2.24, 2.45) is 0 Å². The van der Waals surface area contributed by atoms with Gasteiger partial charge >= 0.3 is 0 Å². The minimum Gasteiger partial charge on any atom is -0.497 e. The smallest absolute Gasteiger partial charge is 0.224 e. The fourth-order valence-corrected chi connectivity index (χ4v) is 2.94. The normalized spacial score (nSPS) is 10.8. The van der Waals surface area contributed by atoms with Gasteiger partial charge in [-0.05, 0) is 54.8 Å². The van der Waals surface area contributed by atoms with Crippen molar-refractivity contribution in [1.82, 2.24) is 10.3 Å². The van der Waals surface area contributed by atoms with Gasteiger partial charge in [0, 0.05) is 23.1 Å². The first-order valence-corrected chi connectivity index (χ1v) is 8.23. The van der Waals surface area contributed by atoms with Crippen LogP contribution in [0.4, 0.5) is 4.39 Å². The van der Waals surface area contributed by atoms with Crippen LogP contribution in [-0.4, -0.2) is 24.5 Å². The van der Waals surface area contributed by atoms with Crippen LogP contribution in [0.2, 0.25) is 0 Å². The predicted molar refractivity (Wildman–Crippen MR) is 96.4 cm³/mol. The Morgan fingerprint density at radius 2 is 1.96 bits per heavy atom. The van der Waals surface area contributed by atoms with Crippen LogP contribution in [0.5, 0.6) is 5.75 Å². The molecule has 1 aromatic heterocycles. The second-order valence-corrected chi connectivity index (χ2v) is 6.04. The molecular weight excluding hydrogens is 319 g/mol. The molecule has 2 aromatic carbocycles. The molecule has 0 unspecified atom stereocenters. The molecule has 0 aliphatic rings. The molecule has 0 radical (unpaired) electrons. The molecule has 0 saturated carbocycles. The van der Waals surface area contributed by atoms with E-state index in [4.69, 9.17) is 4.74 Å². The van der Waals surface area contributed by atoms with E-state index < -0.39 is 0 Å². The van der Waals surface area contributed by atoms with E-state index in [2.05, 4.69) is 10.3 Å². The first-order valence-electron chi connectivity index (χ1n) is 8.23. The summed E-state index contributed by atoms with van der Waals surface area (Å²) in [5.74, 6) is 0.483. The predicted octanol–water partition coefficient (Wildman–Crippen LogP) is 3.53. The average Bonchev–Trinajstić information content (AvgIpc) is 2.91. The number of ether oxygens (including phenoxy) is 1. The molecule has 0 fully saturated rings. The van der Waals surface area contributed by atoms with E-state index in [0.29, 0.717) is 19.4 Å². The van der Waals surface area contributed by atoms with Crippen molar-refractivity contribution in [3.8, 4) is 5.75 Å². The number of nitrogens with one attached hydrogen (secondary N) is 2. The molecule has 1 amide bonds. The van der Waals surface area contributed by atoms with E-state index in [-0.39, 0.29) is 11.7 Å². The zero-order valence-corrected chi connectivity index (χ0v) is 14.4. The van der Waals surface area contributed by atoms with E-state index >= 15 is 0 Å². The Balaban J connectivity index is 1.63. The van der Waals surface area contributed by atoms with Gasteiger partial charge in [-0.1, -0.05) is 12.1 Å². The molecule has 0 bridgehead atoms. The van der Waals surface area contributed by atoms with E-state index in [1.165, 1.54) is 12.1 Å². The maximum atomic E-state index is 12.9. The number of halogens is 1. The highest BCUT2D eigenvalue weighted by Gasteiger charge is 2.13. The topological polar surface area (TPSA) is 54.1 Å². The Kier molecular flexibility index (Phi) is 5.03. The minimum atomic E-state index is -0.252. The SMILES string of the molecule is COc1ccc2[nH]c(C)c(CC(=O)NCCc3ccc(F)cc3)c2c1. The van der Waals surface area contributed by atoms with Gasteiger partial charge in [0.1, 0.15) is 11.6 Å². The highest BCUT2D eigenvalue weighted by molar-refractivity contribution is 5.91. The Morgan fingerprint density at radius 3 is 2.68 bits per heavy atom. The first-order chi connectivity index (χ1) is 12.1. The molecule has 130 valence electrons. The van der Waals surface area contributed by atoms with Gasteiger partial charge in [-0.25, -0.2) is 4.39 Å². The van der Waals surface area contributed by atoms with Crippen LogP contribution in [-0.2, 0) is 17.6 Å². The zero-order valence-electron chi connectivity index (χ0n) is 14.4. The third-order valence-electron chi connectivity index (χ3n) is 4.31. The molecule has 3 aromatic rings. The fraction of sp³-hybridized carbons (Fsp3) is 0.250. The van der Waals surface area contributed by atoms with Crippen LogP contribution >= 0.6 is 0 Å². The molecule has 0 spiro atoms. The number of carbonyl (C=O) groups is 1. The van der Waals surface area contributed by atoms with Gasteiger partial charge in [0.2, 0.25) is 5.91 Å². The van der Waals surface area contributed by atoms with Crippen LogP contribution in [0.3, 0.4) is 0 Å². The minimum absolute atomic E-state index is 0.0334. The number of amides is 1. The quantitative estimate of drug-likeness (QED) is 0.721. The number of benzene rings is 2.